The van der Waals surface area contributed by atoms with Gasteiger partial charge in [-0.25, -0.2) is 0 Å². The Morgan fingerprint density at radius 2 is 2.00 bits per heavy atom. The molecule has 112 valence electrons. The number of nitrogens with zero attached hydrogens (tertiary/aromatic N) is 1. The number of anilines is 1. The van der Waals surface area contributed by atoms with Crippen LogP contribution in [0.3, 0.4) is 0 Å². The first-order valence-electron chi connectivity index (χ1n) is 7.94. The van der Waals surface area contributed by atoms with E-state index in [-0.39, 0.29) is 0 Å². The second-order valence-corrected chi connectivity index (χ2v) is 6.29. The van der Waals surface area contributed by atoms with E-state index in [9.17, 15) is 0 Å². The standard InChI is InChI=1S/C17H27ClN2/c1-3-11-19-13-14-9-10-15(18)12-17(14)20(2)16-7-5-4-6-8-16/h9-10,12,16,19H,3-8,11,13H2,1-2H3. The van der Waals surface area contributed by atoms with Gasteiger partial charge >= 0.3 is 0 Å². The molecule has 1 aliphatic rings. The Balaban J connectivity index is 2.12. The van der Waals surface area contributed by atoms with Crippen molar-refractivity contribution in [2.75, 3.05) is 18.5 Å². The lowest BCUT2D eigenvalue weighted by Gasteiger charge is -2.34. The molecule has 0 aliphatic heterocycles. The van der Waals surface area contributed by atoms with E-state index in [4.69, 9.17) is 11.6 Å². The smallest absolute Gasteiger partial charge is 0.0426 e. The molecule has 1 aromatic rings. The minimum Gasteiger partial charge on any atom is -0.371 e. The van der Waals surface area contributed by atoms with Crippen LogP contribution in [-0.2, 0) is 6.54 Å². The van der Waals surface area contributed by atoms with Crippen molar-refractivity contribution >= 4 is 17.3 Å². The number of benzene rings is 1. The van der Waals surface area contributed by atoms with Crippen molar-refractivity contribution < 1.29 is 0 Å². The van der Waals surface area contributed by atoms with Gasteiger partial charge in [-0.3, -0.25) is 0 Å². The van der Waals surface area contributed by atoms with Crippen molar-refractivity contribution in [1.29, 1.82) is 0 Å². The molecule has 0 amide bonds. The summed E-state index contributed by atoms with van der Waals surface area (Å²) < 4.78 is 0. The van der Waals surface area contributed by atoms with Crippen LogP contribution in [0.5, 0.6) is 0 Å². The number of hydrogen-bond donors (Lipinski definition) is 1. The molecule has 1 saturated carbocycles. The number of halogens is 1. The van der Waals surface area contributed by atoms with E-state index < -0.39 is 0 Å². The molecule has 0 radical (unpaired) electrons. The van der Waals surface area contributed by atoms with Crippen LogP contribution >= 0.6 is 11.6 Å². The van der Waals surface area contributed by atoms with Gasteiger partial charge in [-0.05, 0) is 43.5 Å². The summed E-state index contributed by atoms with van der Waals surface area (Å²) in [4.78, 5) is 2.45. The van der Waals surface area contributed by atoms with E-state index in [0.717, 1.165) is 18.1 Å². The third-order valence-corrected chi connectivity index (χ3v) is 4.53. The zero-order valence-electron chi connectivity index (χ0n) is 12.8. The molecule has 20 heavy (non-hydrogen) atoms. The summed E-state index contributed by atoms with van der Waals surface area (Å²) in [5.41, 5.74) is 2.66. The van der Waals surface area contributed by atoms with E-state index in [0.29, 0.717) is 6.04 Å². The first-order chi connectivity index (χ1) is 9.72. The zero-order chi connectivity index (χ0) is 14.4. The first-order valence-corrected chi connectivity index (χ1v) is 8.32. The average Bonchev–Trinajstić information content (AvgIpc) is 2.49. The third kappa shape index (κ3) is 4.13. The number of rotatable bonds is 6. The summed E-state index contributed by atoms with van der Waals surface area (Å²) in [7, 11) is 2.23. The van der Waals surface area contributed by atoms with Crippen LogP contribution in [0.2, 0.25) is 5.02 Å². The van der Waals surface area contributed by atoms with E-state index in [2.05, 4.69) is 36.3 Å². The van der Waals surface area contributed by atoms with Crippen molar-refractivity contribution in [3.63, 3.8) is 0 Å². The highest BCUT2D eigenvalue weighted by Gasteiger charge is 2.20. The Morgan fingerprint density at radius 3 is 2.70 bits per heavy atom. The molecule has 1 aliphatic carbocycles. The fourth-order valence-corrected chi connectivity index (χ4v) is 3.25. The van der Waals surface area contributed by atoms with Crippen LogP contribution in [-0.4, -0.2) is 19.6 Å². The molecule has 1 fully saturated rings. The van der Waals surface area contributed by atoms with Crippen molar-refractivity contribution in [2.24, 2.45) is 0 Å². The quantitative estimate of drug-likeness (QED) is 0.771. The summed E-state index contributed by atoms with van der Waals surface area (Å²) in [6.07, 6.45) is 7.90. The molecule has 1 N–H and O–H groups in total. The molecule has 2 nitrogen and oxygen atoms in total. The highest BCUT2D eigenvalue weighted by Crippen LogP contribution is 2.30. The summed E-state index contributed by atoms with van der Waals surface area (Å²) in [5.74, 6) is 0. The second-order valence-electron chi connectivity index (χ2n) is 5.85. The summed E-state index contributed by atoms with van der Waals surface area (Å²) in [5, 5.41) is 4.33. The Bertz CT molecular complexity index is 413. The van der Waals surface area contributed by atoms with Gasteiger partial charge in [0, 0.05) is 30.3 Å². The topological polar surface area (TPSA) is 15.3 Å². The molecule has 0 atom stereocenters. The maximum absolute atomic E-state index is 6.21. The van der Waals surface area contributed by atoms with Crippen LogP contribution < -0.4 is 10.2 Å². The summed E-state index contributed by atoms with van der Waals surface area (Å²) >= 11 is 6.21. The van der Waals surface area contributed by atoms with Crippen molar-refractivity contribution in [1.82, 2.24) is 5.32 Å². The van der Waals surface area contributed by atoms with Crippen LogP contribution in [0.15, 0.2) is 18.2 Å². The fourth-order valence-electron chi connectivity index (χ4n) is 3.08. The highest BCUT2D eigenvalue weighted by molar-refractivity contribution is 6.30. The van der Waals surface area contributed by atoms with Crippen molar-refractivity contribution in [3.05, 3.63) is 28.8 Å². The maximum Gasteiger partial charge on any atom is 0.0426 e. The SMILES string of the molecule is CCCNCc1ccc(Cl)cc1N(C)C1CCCCC1. The molecule has 0 spiro atoms. The summed E-state index contributed by atoms with van der Waals surface area (Å²) in [6, 6.07) is 6.97. The first kappa shape index (κ1) is 15.7. The van der Waals surface area contributed by atoms with E-state index in [1.165, 1.54) is 49.8 Å². The molecule has 0 aromatic heterocycles. The van der Waals surface area contributed by atoms with Gasteiger partial charge in [-0.2, -0.15) is 0 Å². The second kappa shape index (κ2) is 7.90. The predicted octanol–water partition coefficient (Wildman–Crippen LogP) is 4.61. The molecule has 0 bridgehead atoms. The molecule has 0 heterocycles. The van der Waals surface area contributed by atoms with Crippen LogP contribution in [0.4, 0.5) is 5.69 Å². The molecule has 3 heteroatoms. The average molecular weight is 295 g/mol. The van der Waals surface area contributed by atoms with Crippen molar-refractivity contribution in [2.45, 2.75) is 58.0 Å². The lowest BCUT2D eigenvalue weighted by atomic mass is 9.94. The lowest BCUT2D eigenvalue weighted by Crippen LogP contribution is -2.34. The molecular weight excluding hydrogens is 268 g/mol. The Hall–Kier alpha value is -0.730. The largest absolute Gasteiger partial charge is 0.371 e. The van der Waals surface area contributed by atoms with Crippen LogP contribution in [0.25, 0.3) is 0 Å². The zero-order valence-corrected chi connectivity index (χ0v) is 13.5. The Morgan fingerprint density at radius 1 is 1.25 bits per heavy atom. The van der Waals surface area contributed by atoms with Gasteiger partial charge in [0.05, 0.1) is 0 Å². The van der Waals surface area contributed by atoms with E-state index >= 15 is 0 Å². The number of nitrogens with one attached hydrogen (secondary N) is 1. The third-order valence-electron chi connectivity index (χ3n) is 4.29. The number of hydrogen-bond acceptors (Lipinski definition) is 2. The molecule has 0 unspecified atom stereocenters. The molecular formula is C17H27ClN2. The van der Waals surface area contributed by atoms with Gasteiger partial charge < -0.3 is 10.2 Å². The molecule has 2 rings (SSSR count). The van der Waals surface area contributed by atoms with Gasteiger partial charge in [0.15, 0.2) is 0 Å². The lowest BCUT2D eigenvalue weighted by molar-refractivity contribution is 0.427. The van der Waals surface area contributed by atoms with E-state index in [1.807, 2.05) is 6.07 Å². The van der Waals surface area contributed by atoms with Gasteiger partial charge in [-0.15, -0.1) is 0 Å². The highest BCUT2D eigenvalue weighted by atomic mass is 35.5. The molecule has 1 aromatic carbocycles. The van der Waals surface area contributed by atoms with Crippen LogP contribution in [0.1, 0.15) is 51.0 Å². The normalized spacial score (nSPS) is 16.4. The Kier molecular flexibility index (Phi) is 6.18. The monoisotopic (exact) mass is 294 g/mol. The van der Waals surface area contributed by atoms with Gasteiger partial charge in [-0.1, -0.05) is 43.9 Å². The Labute approximate surface area is 128 Å². The van der Waals surface area contributed by atoms with Crippen molar-refractivity contribution in [3.8, 4) is 0 Å². The van der Waals surface area contributed by atoms with E-state index in [1.54, 1.807) is 0 Å². The molecule has 0 saturated heterocycles. The minimum absolute atomic E-state index is 0.673. The van der Waals surface area contributed by atoms with Gasteiger partial charge in [0.2, 0.25) is 0 Å². The van der Waals surface area contributed by atoms with Gasteiger partial charge in [0.25, 0.3) is 0 Å². The summed E-state index contributed by atoms with van der Waals surface area (Å²) in [6.45, 7) is 4.19. The van der Waals surface area contributed by atoms with Crippen LogP contribution in [0, 0.1) is 0 Å². The van der Waals surface area contributed by atoms with Gasteiger partial charge in [0.1, 0.15) is 0 Å². The maximum atomic E-state index is 6.21. The fraction of sp³-hybridized carbons (Fsp3) is 0.647. The minimum atomic E-state index is 0.673. The predicted molar refractivity (Wildman–Crippen MR) is 88.7 cm³/mol.